The molecule has 0 aromatic heterocycles. The Kier molecular flexibility index (Phi) is 7.84. The topological polar surface area (TPSA) is 18.5 Å². The SMILES string of the molecule is CC(C)([CH2][Ti]([CH2]C(C)(C)c1ccccc1)([O]c1ccccc1)[O]c1ccccc1)c1ccccc1. The van der Waals surface area contributed by atoms with Crippen molar-refractivity contribution >= 4 is 0 Å². The normalized spacial score (nSPS) is 12.2. The first-order chi connectivity index (χ1) is 16.8. The molecule has 0 fully saturated rings. The van der Waals surface area contributed by atoms with Crippen LogP contribution >= 0.6 is 0 Å². The van der Waals surface area contributed by atoms with Gasteiger partial charge in [0.1, 0.15) is 0 Å². The van der Waals surface area contributed by atoms with E-state index in [1.54, 1.807) is 0 Å². The molecule has 4 rings (SSSR count). The van der Waals surface area contributed by atoms with Gasteiger partial charge in [0.25, 0.3) is 0 Å². The molecule has 35 heavy (non-hydrogen) atoms. The van der Waals surface area contributed by atoms with Crippen LogP contribution < -0.4 is 6.64 Å². The Hall–Kier alpha value is -2.81. The number of para-hydroxylation sites is 2. The van der Waals surface area contributed by atoms with Crippen molar-refractivity contribution in [2.45, 2.75) is 48.0 Å². The van der Waals surface area contributed by atoms with Crippen molar-refractivity contribution in [2.24, 2.45) is 0 Å². The number of benzene rings is 4. The Bertz CT molecular complexity index is 1080. The Morgan fingerprint density at radius 3 is 1.06 bits per heavy atom. The van der Waals surface area contributed by atoms with Crippen LogP contribution in [0, 0.1) is 0 Å². The molecule has 0 aliphatic carbocycles. The van der Waals surface area contributed by atoms with Gasteiger partial charge in [0.05, 0.1) is 0 Å². The molecule has 0 atom stereocenters. The van der Waals surface area contributed by atoms with E-state index in [9.17, 15) is 0 Å². The van der Waals surface area contributed by atoms with Gasteiger partial charge in [0.15, 0.2) is 0 Å². The molecule has 0 N–H and O–H groups in total. The van der Waals surface area contributed by atoms with E-state index in [0.717, 1.165) is 21.0 Å². The fourth-order valence-electron chi connectivity index (χ4n) is 4.96. The van der Waals surface area contributed by atoms with Gasteiger partial charge in [-0.3, -0.25) is 0 Å². The molecule has 0 unspecified atom stereocenters. The second-order valence-electron chi connectivity index (χ2n) is 10.6. The molecule has 0 bridgehead atoms. The fourth-order valence-corrected chi connectivity index (χ4v) is 12.3. The van der Waals surface area contributed by atoms with Crippen LogP contribution in [0.4, 0.5) is 0 Å². The van der Waals surface area contributed by atoms with Crippen molar-refractivity contribution in [3.63, 3.8) is 0 Å². The van der Waals surface area contributed by atoms with Crippen LogP contribution in [0.2, 0.25) is 9.45 Å². The van der Waals surface area contributed by atoms with E-state index in [-0.39, 0.29) is 10.8 Å². The molecule has 0 saturated carbocycles. The Labute approximate surface area is 215 Å². The van der Waals surface area contributed by atoms with E-state index in [1.165, 1.54) is 11.1 Å². The molecule has 0 aliphatic rings. The summed E-state index contributed by atoms with van der Waals surface area (Å²) in [4.78, 5) is 0. The third-order valence-corrected chi connectivity index (χ3v) is 13.0. The summed E-state index contributed by atoms with van der Waals surface area (Å²) in [5, 5.41) is 0. The molecule has 180 valence electrons. The third-order valence-electron chi connectivity index (χ3n) is 6.63. The van der Waals surface area contributed by atoms with Gasteiger partial charge in [-0.05, 0) is 0 Å². The minimum atomic E-state index is -3.61. The Morgan fingerprint density at radius 1 is 0.457 bits per heavy atom. The van der Waals surface area contributed by atoms with Gasteiger partial charge in [-0.2, -0.15) is 0 Å². The van der Waals surface area contributed by atoms with Gasteiger partial charge in [-0.25, -0.2) is 0 Å². The monoisotopic (exact) mass is 500 g/mol. The molecule has 0 amide bonds. The van der Waals surface area contributed by atoms with Gasteiger partial charge in [-0.15, -0.1) is 0 Å². The number of hydrogen-bond acceptors (Lipinski definition) is 2. The summed E-state index contributed by atoms with van der Waals surface area (Å²) < 4.78 is 15.9. The minimum absolute atomic E-state index is 0.114. The Balaban J connectivity index is 1.81. The summed E-state index contributed by atoms with van der Waals surface area (Å²) in [7, 11) is 0. The standard InChI is InChI=1S/2C10H13.2C6H6O.Ti/c2*1-10(2,3)9-7-5-4-6-8-9;2*7-6-4-2-1-3-5-6;/h2*4-8H,1H2,2-3H3;2*1-5,7H;/q;;;;+2/p-2. The van der Waals surface area contributed by atoms with Crippen LogP contribution in [0.3, 0.4) is 0 Å². The maximum absolute atomic E-state index is 7.09. The van der Waals surface area contributed by atoms with E-state index in [0.29, 0.717) is 0 Å². The van der Waals surface area contributed by atoms with Crippen LogP contribution in [-0.4, -0.2) is 0 Å². The molecule has 0 aliphatic heterocycles. The molecule has 0 heterocycles. The summed E-state index contributed by atoms with van der Waals surface area (Å²) in [5.74, 6) is 1.77. The zero-order valence-electron chi connectivity index (χ0n) is 21.3. The molecule has 0 saturated heterocycles. The van der Waals surface area contributed by atoms with Crippen molar-refractivity contribution in [3.8, 4) is 11.5 Å². The van der Waals surface area contributed by atoms with Crippen molar-refractivity contribution in [3.05, 3.63) is 132 Å². The van der Waals surface area contributed by atoms with Gasteiger partial charge in [-0.1, -0.05) is 0 Å². The van der Waals surface area contributed by atoms with Crippen LogP contribution in [0.1, 0.15) is 38.8 Å². The van der Waals surface area contributed by atoms with Gasteiger partial charge < -0.3 is 0 Å². The summed E-state index contributed by atoms with van der Waals surface area (Å²) in [6, 6.07) is 42.0. The molecule has 4 aromatic rings. The predicted molar refractivity (Wildman–Crippen MR) is 143 cm³/mol. The van der Waals surface area contributed by atoms with E-state index in [1.807, 2.05) is 36.4 Å². The number of rotatable bonds is 10. The first-order valence-electron chi connectivity index (χ1n) is 12.4. The van der Waals surface area contributed by atoms with E-state index in [4.69, 9.17) is 6.64 Å². The van der Waals surface area contributed by atoms with E-state index >= 15 is 0 Å². The van der Waals surface area contributed by atoms with E-state index < -0.39 is 17.4 Å². The molecular formula is C32H36O2Ti. The molecule has 0 radical (unpaired) electrons. The zero-order valence-corrected chi connectivity index (χ0v) is 22.8. The summed E-state index contributed by atoms with van der Waals surface area (Å²) in [6.45, 7) is 9.28. The van der Waals surface area contributed by atoms with Gasteiger partial charge in [0.2, 0.25) is 0 Å². The maximum atomic E-state index is 7.09. The van der Waals surface area contributed by atoms with Crippen molar-refractivity contribution in [1.82, 2.24) is 0 Å². The van der Waals surface area contributed by atoms with Gasteiger partial charge >= 0.3 is 216 Å². The second kappa shape index (κ2) is 10.9. The van der Waals surface area contributed by atoms with E-state index in [2.05, 4.69) is 113 Å². The zero-order chi connectivity index (χ0) is 24.8. The average Bonchev–Trinajstić information content (AvgIpc) is 2.86. The Morgan fingerprint density at radius 2 is 0.743 bits per heavy atom. The molecule has 4 aromatic carbocycles. The molecule has 0 spiro atoms. The van der Waals surface area contributed by atoms with Crippen molar-refractivity contribution < 1.29 is 24.0 Å². The predicted octanol–water partition coefficient (Wildman–Crippen LogP) is 8.92. The summed E-state index contributed by atoms with van der Waals surface area (Å²) in [5.41, 5.74) is 2.39. The number of hydrogen-bond donors (Lipinski definition) is 0. The molecular weight excluding hydrogens is 464 g/mol. The van der Waals surface area contributed by atoms with Crippen LogP contribution in [0.25, 0.3) is 0 Å². The van der Waals surface area contributed by atoms with Crippen molar-refractivity contribution in [2.75, 3.05) is 0 Å². The second-order valence-corrected chi connectivity index (χ2v) is 15.2. The molecule has 3 heteroatoms. The first kappa shape index (κ1) is 25.3. The molecule has 2 nitrogen and oxygen atoms in total. The quantitative estimate of drug-likeness (QED) is 0.202. The first-order valence-corrected chi connectivity index (χ1v) is 15.9. The van der Waals surface area contributed by atoms with Crippen LogP contribution in [-0.2, 0) is 28.2 Å². The van der Waals surface area contributed by atoms with Gasteiger partial charge in [0, 0.05) is 0 Å². The fraction of sp³-hybridized carbons (Fsp3) is 0.250. The summed E-state index contributed by atoms with van der Waals surface area (Å²) in [6.07, 6.45) is 0. The summed E-state index contributed by atoms with van der Waals surface area (Å²) >= 11 is -3.61. The van der Waals surface area contributed by atoms with Crippen molar-refractivity contribution in [1.29, 1.82) is 0 Å². The van der Waals surface area contributed by atoms with Crippen LogP contribution in [0.15, 0.2) is 121 Å². The average molecular weight is 501 g/mol. The third kappa shape index (κ3) is 6.66. The van der Waals surface area contributed by atoms with Crippen LogP contribution in [0.5, 0.6) is 11.5 Å².